The quantitative estimate of drug-likeness (QED) is 0.531. The maximum Gasteiger partial charge on any atom is 0.347 e. The van der Waals surface area contributed by atoms with Crippen molar-refractivity contribution in [2.75, 3.05) is 13.7 Å². The highest BCUT2D eigenvalue weighted by Gasteiger charge is 2.18. The van der Waals surface area contributed by atoms with E-state index in [-0.39, 0.29) is 12.4 Å². The molecule has 0 spiro atoms. The number of rotatable bonds is 7. The molecular formula is C18H17BrO5. The van der Waals surface area contributed by atoms with E-state index in [1.54, 1.807) is 62.6 Å². The number of hydrogen-bond acceptors (Lipinski definition) is 5. The van der Waals surface area contributed by atoms with Crippen molar-refractivity contribution in [1.29, 1.82) is 0 Å². The van der Waals surface area contributed by atoms with Gasteiger partial charge in [0, 0.05) is 10.0 Å². The summed E-state index contributed by atoms with van der Waals surface area (Å²) in [7, 11) is 1.55. The molecule has 0 saturated carbocycles. The minimum absolute atomic E-state index is 0.290. The highest BCUT2D eigenvalue weighted by molar-refractivity contribution is 9.10. The van der Waals surface area contributed by atoms with Crippen LogP contribution in [0.3, 0.4) is 0 Å². The lowest BCUT2D eigenvalue weighted by Gasteiger charge is -2.13. The summed E-state index contributed by atoms with van der Waals surface area (Å²) in [5, 5.41) is 0. The molecule has 0 aliphatic rings. The summed E-state index contributed by atoms with van der Waals surface area (Å²) in [6, 6.07) is 13.7. The maximum absolute atomic E-state index is 12.0. The number of ketones is 1. The van der Waals surface area contributed by atoms with Crippen molar-refractivity contribution in [3.8, 4) is 11.5 Å². The Bertz CT molecular complexity index is 694. The van der Waals surface area contributed by atoms with Gasteiger partial charge in [-0.15, -0.1) is 0 Å². The standard InChI is InChI=1S/C18H17BrO5/c1-12(24-16-9-5-14(19)6-10-16)18(21)23-11-17(20)13-3-7-15(22-2)8-4-13/h3-10,12H,11H2,1-2H3/t12-/m0/s1. The molecule has 5 nitrogen and oxygen atoms in total. The molecule has 24 heavy (non-hydrogen) atoms. The maximum atomic E-state index is 12.0. The fourth-order valence-corrected chi connectivity index (χ4v) is 2.14. The van der Waals surface area contributed by atoms with Gasteiger partial charge in [0.05, 0.1) is 7.11 Å². The molecule has 2 aromatic carbocycles. The average Bonchev–Trinajstić information content (AvgIpc) is 2.61. The van der Waals surface area contributed by atoms with E-state index < -0.39 is 12.1 Å². The number of ether oxygens (including phenoxy) is 3. The second-order valence-corrected chi connectivity index (χ2v) is 5.89. The van der Waals surface area contributed by atoms with Crippen LogP contribution in [0.4, 0.5) is 0 Å². The van der Waals surface area contributed by atoms with Crippen LogP contribution in [0.5, 0.6) is 11.5 Å². The largest absolute Gasteiger partial charge is 0.497 e. The van der Waals surface area contributed by atoms with Gasteiger partial charge in [-0.05, 0) is 55.5 Å². The molecule has 1 atom stereocenters. The molecule has 0 unspecified atom stereocenters. The fourth-order valence-electron chi connectivity index (χ4n) is 1.88. The molecule has 0 fully saturated rings. The van der Waals surface area contributed by atoms with E-state index >= 15 is 0 Å². The van der Waals surface area contributed by atoms with Crippen LogP contribution < -0.4 is 9.47 Å². The lowest BCUT2D eigenvalue weighted by atomic mass is 10.1. The Kier molecular flexibility index (Phi) is 6.37. The molecule has 0 amide bonds. The summed E-state index contributed by atoms with van der Waals surface area (Å²) < 4.78 is 16.4. The topological polar surface area (TPSA) is 61.8 Å². The Labute approximate surface area is 148 Å². The van der Waals surface area contributed by atoms with Gasteiger partial charge in [-0.25, -0.2) is 4.79 Å². The summed E-state index contributed by atoms with van der Waals surface area (Å²) in [5.74, 6) is 0.311. The number of Topliss-reactive ketones (excluding diaryl/α,β-unsaturated/α-hetero) is 1. The highest BCUT2D eigenvalue weighted by Crippen LogP contribution is 2.17. The third-order valence-corrected chi connectivity index (χ3v) is 3.74. The SMILES string of the molecule is COc1ccc(C(=O)COC(=O)[C@H](C)Oc2ccc(Br)cc2)cc1. The molecule has 2 rings (SSSR count). The van der Waals surface area contributed by atoms with Gasteiger partial charge in [0.25, 0.3) is 0 Å². The van der Waals surface area contributed by atoms with Gasteiger partial charge < -0.3 is 14.2 Å². The third kappa shape index (κ3) is 5.09. The molecule has 0 aliphatic heterocycles. The molecule has 0 aliphatic carbocycles. The molecule has 2 aromatic rings. The van der Waals surface area contributed by atoms with E-state index in [0.29, 0.717) is 17.1 Å². The van der Waals surface area contributed by atoms with Gasteiger partial charge in [0.1, 0.15) is 11.5 Å². The van der Waals surface area contributed by atoms with E-state index in [9.17, 15) is 9.59 Å². The summed E-state index contributed by atoms with van der Waals surface area (Å²) in [6.07, 6.45) is -0.810. The normalized spacial score (nSPS) is 11.5. The van der Waals surface area contributed by atoms with Crippen molar-refractivity contribution >= 4 is 27.7 Å². The number of halogens is 1. The van der Waals surface area contributed by atoms with E-state index in [4.69, 9.17) is 14.2 Å². The average molecular weight is 393 g/mol. The second kappa shape index (κ2) is 8.49. The number of benzene rings is 2. The predicted molar refractivity (Wildman–Crippen MR) is 92.5 cm³/mol. The van der Waals surface area contributed by atoms with Crippen molar-refractivity contribution in [2.24, 2.45) is 0 Å². The lowest BCUT2D eigenvalue weighted by molar-refractivity contribution is -0.149. The summed E-state index contributed by atoms with van der Waals surface area (Å²) >= 11 is 3.32. The first-order chi connectivity index (χ1) is 11.5. The minimum atomic E-state index is -0.810. The number of esters is 1. The van der Waals surface area contributed by atoms with E-state index in [1.165, 1.54) is 0 Å². The van der Waals surface area contributed by atoms with Crippen LogP contribution in [0.2, 0.25) is 0 Å². The van der Waals surface area contributed by atoms with Crippen molar-refractivity contribution in [3.63, 3.8) is 0 Å². The Morgan fingerprint density at radius 2 is 1.58 bits per heavy atom. The first-order valence-electron chi connectivity index (χ1n) is 7.25. The Hall–Kier alpha value is -2.34. The van der Waals surface area contributed by atoms with Crippen molar-refractivity contribution in [3.05, 3.63) is 58.6 Å². The Morgan fingerprint density at radius 3 is 2.17 bits per heavy atom. The molecule has 6 heteroatoms. The first kappa shape index (κ1) is 18.0. The van der Waals surface area contributed by atoms with Crippen LogP contribution in [0, 0.1) is 0 Å². The van der Waals surface area contributed by atoms with Crippen LogP contribution in [-0.2, 0) is 9.53 Å². The van der Waals surface area contributed by atoms with E-state index in [0.717, 1.165) is 4.47 Å². The van der Waals surface area contributed by atoms with Crippen LogP contribution in [0.15, 0.2) is 53.0 Å². The third-order valence-electron chi connectivity index (χ3n) is 3.22. The number of methoxy groups -OCH3 is 1. The first-order valence-corrected chi connectivity index (χ1v) is 8.05. The zero-order valence-electron chi connectivity index (χ0n) is 13.3. The molecular weight excluding hydrogens is 376 g/mol. The van der Waals surface area contributed by atoms with E-state index in [2.05, 4.69) is 15.9 Å². The zero-order valence-corrected chi connectivity index (χ0v) is 14.9. The van der Waals surface area contributed by atoms with E-state index in [1.807, 2.05) is 0 Å². The van der Waals surface area contributed by atoms with Gasteiger partial charge in [-0.2, -0.15) is 0 Å². The van der Waals surface area contributed by atoms with Crippen molar-refractivity contribution in [1.82, 2.24) is 0 Å². The van der Waals surface area contributed by atoms with Crippen LogP contribution in [0.25, 0.3) is 0 Å². The second-order valence-electron chi connectivity index (χ2n) is 4.97. The molecule has 0 heterocycles. The number of carbonyl (C=O) groups is 2. The number of hydrogen-bond donors (Lipinski definition) is 0. The van der Waals surface area contributed by atoms with Crippen LogP contribution >= 0.6 is 15.9 Å². The zero-order chi connectivity index (χ0) is 17.5. The lowest BCUT2D eigenvalue weighted by Crippen LogP contribution is -2.28. The van der Waals surface area contributed by atoms with Gasteiger partial charge in [-0.1, -0.05) is 15.9 Å². The minimum Gasteiger partial charge on any atom is -0.497 e. The molecule has 126 valence electrons. The summed E-state index contributed by atoms with van der Waals surface area (Å²) in [6.45, 7) is 1.24. The predicted octanol–water partition coefficient (Wildman–Crippen LogP) is 3.65. The molecule has 0 bridgehead atoms. The van der Waals surface area contributed by atoms with Gasteiger partial charge in [0.15, 0.2) is 18.5 Å². The summed E-state index contributed by atoms with van der Waals surface area (Å²) in [4.78, 5) is 23.9. The van der Waals surface area contributed by atoms with Crippen LogP contribution in [-0.4, -0.2) is 31.6 Å². The molecule has 0 radical (unpaired) electrons. The fraction of sp³-hybridized carbons (Fsp3) is 0.222. The molecule has 0 saturated heterocycles. The monoisotopic (exact) mass is 392 g/mol. The highest BCUT2D eigenvalue weighted by atomic mass is 79.9. The van der Waals surface area contributed by atoms with Gasteiger partial charge in [0.2, 0.25) is 0 Å². The Balaban J connectivity index is 1.84. The summed E-state index contributed by atoms with van der Waals surface area (Å²) in [5.41, 5.74) is 0.449. The smallest absolute Gasteiger partial charge is 0.347 e. The molecule has 0 N–H and O–H groups in total. The van der Waals surface area contributed by atoms with Gasteiger partial charge in [-0.3, -0.25) is 4.79 Å². The van der Waals surface area contributed by atoms with Gasteiger partial charge >= 0.3 is 5.97 Å². The van der Waals surface area contributed by atoms with Crippen LogP contribution in [0.1, 0.15) is 17.3 Å². The Morgan fingerprint density at radius 1 is 1.00 bits per heavy atom. The molecule has 0 aromatic heterocycles. The van der Waals surface area contributed by atoms with Crippen molar-refractivity contribution < 1.29 is 23.8 Å². The van der Waals surface area contributed by atoms with Crippen molar-refractivity contribution in [2.45, 2.75) is 13.0 Å². The number of carbonyl (C=O) groups excluding carboxylic acids is 2.